The average molecular weight is 391 g/mol. The Morgan fingerprint density at radius 1 is 1.04 bits per heavy atom. The van der Waals surface area contributed by atoms with Crippen LogP contribution < -0.4 is 16.6 Å². The van der Waals surface area contributed by atoms with Gasteiger partial charge in [-0.1, -0.05) is 60.7 Å². The van der Waals surface area contributed by atoms with Crippen molar-refractivity contribution in [2.75, 3.05) is 5.32 Å². The molecule has 0 saturated heterocycles. The Bertz CT molecular complexity index is 1210. The zero-order valence-corrected chi connectivity index (χ0v) is 15.9. The molecule has 2 heterocycles. The van der Waals surface area contributed by atoms with Crippen LogP contribution in [0.4, 0.5) is 10.9 Å². The van der Waals surface area contributed by atoms with E-state index in [0.717, 1.165) is 22.7 Å². The smallest absolute Gasteiger partial charge is 0.316 e. The van der Waals surface area contributed by atoms with Crippen LogP contribution >= 0.6 is 11.5 Å². The zero-order valence-electron chi connectivity index (χ0n) is 15.0. The standard InChI is InChI=1S/C20H17N5O2S/c1-13-16(21-19-22-17(24-28-19)15-10-6-3-7-11-15)23-20(27)25(18(13)26)12-14-8-4-2-5-9-14/h2-11H,12H2,1H3,(H,23,27)(H,21,22,24). The van der Waals surface area contributed by atoms with Crippen LogP contribution in [0, 0.1) is 6.92 Å². The first-order valence-electron chi connectivity index (χ1n) is 8.65. The second-order valence-corrected chi connectivity index (χ2v) is 6.97. The van der Waals surface area contributed by atoms with Crippen LogP contribution in [0.3, 0.4) is 0 Å². The SMILES string of the molecule is Cc1c(Nc2nc(-c3ccccc3)ns2)[nH]c(=O)n(Cc2ccccc2)c1=O. The molecular weight excluding hydrogens is 374 g/mol. The van der Waals surface area contributed by atoms with Crippen molar-refractivity contribution in [1.29, 1.82) is 0 Å². The highest BCUT2D eigenvalue weighted by atomic mass is 32.1. The molecule has 0 spiro atoms. The fourth-order valence-corrected chi connectivity index (χ4v) is 3.38. The third kappa shape index (κ3) is 3.63. The van der Waals surface area contributed by atoms with Crippen molar-refractivity contribution in [3.8, 4) is 11.4 Å². The Hall–Kier alpha value is -3.52. The molecule has 0 radical (unpaired) electrons. The van der Waals surface area contributed by atoms with E-state index in [4.69, 9.17) is 0 Å². The highest BCUT2D eigenvalue weighted by molar-refractivity contribution is 7.09. The fraction of sp³-hybridized carbons (Fsp3) is 0.100. The predicted molar refractivity (Wildman–Crippen MR) is 110 cm³/mol. The first-order valence-corrected chi connectivity index (χ1v) is 9.43. The molecule has 4 aromatic rings. The molecule has 8 heteroatoms. The van der Waals surface area contributed by atoms with Crippen LogP contribution in [-0.2, 0) is 6.54 Å². The minimum absolute atomic E-state index is 0.215. The average Bonchev–Trinajstić information content (AvgIpc) is 3.19. The highest BCUT2D eigenvalue weighted by Crippen LogP contribution is 2.23. The van der Waals surface area contributed by atoms with E-state index < -0.39 is 5.69 Å². The van der Waals surface area contributed by atoms with Crippen molar-refractivity contribution in [1.82, 2.24) is 18.9 Å². The number of hydrogen-bond donors (Lipinski definition) is 2. The molecule has 0 atom stereocenters. The number of aromatic nitrogens is 4. The molecule has 0 aliphatic heterocycles. The summed E-state index contributed by atoms with van der Waals surface area (Å²) in [7, 11) is 0. The Morgan fingerprint density at radius 2 is 1.71 bits per heavy atom. The first kappa shape index (κ1) is 17.9. The molecule has 7 nitrogen and oxygen atoms in total. The second kappa shape index (κ2) is 7.61. The minimum Gasteiger partial charge on any atom is -0.316 e. The van der Waals surface area contributed by atoms with Gasteiger partial charge in [0.25, 0.3) is 5.56 Å². The number of rotatable bonds is 5. The molecule has 0 unspecified atom stereocenters. The minimum atomic E-state index is -0.477. The summed E-state index contributed by atoms with van der Waals surface area (Å²) in [6.45, 7) is 1.88. The van der Waals surface area contributed by atoms with Crippen molar-refractivity contribution in [2.45, 2.75) is 13.5 Å². The Balaban J connectivity index is 1.62. The zero-order chi connectivity index (χ0) is 19.5. The number of anilines is 2. The van der Waals surface area contributed by atoms with Crippen molar-refractivity contribution in [3.63, 3.8) is 0 Å². The van der Waals surface area contributed by atoms with Gasteiger partial charge in [-0.3, -0.25) is 14.3 Å². The second-order valence-electron chi connectivity index (χ2n) is 6.22. The van der Waals surface area contributed by atoms with E-state index in [2.05, 4.69) is 19.7 Å². The number of nitrogens with zero attached hydrogens (tertiary/aromatic N) is 3. The molecular formula is C20H17N5O2S. The quantitative estimate of drug-likeness (QED) is 0.545. The van der Waals surface area contributed by atoms with Gasteiger partial charge < -0.3 is 5.32 Å². The Kier molecular flexibility index (Phi) is 4.86. The van der Waals surface area contributed by atoms with Gasteiger partial charge in [-0.15, -0.1) is 0 Å². The number of nitrogens with one attached hydrogen (secondary N) is 2. The van der Waals surface area contributed by atoms with E-state index in [0.29, 0.717) is 22.3 Å². The van der Waals surface area contributed by atoms with Gasteiger partial charge in [-0.2, -0.15) is 9.36 Å². The lowest BCUT2D eigenvalue weighted by Crippen LogP contribution is -2.37. The fourth-order valence-electron chi connectivity index (χ4n) is 2.79. The maximum absolute atomic E-state index is 12.7. The predicted octanol–water partition coefficient (Wildman–Crippen LogP) is 3.16. The summed E-state index contributed by atoms with van der Waals surface area (Å²) in [5.41, 5.74) is 1.37. The van der Waals surface area contributed by atoms with Crippen molar-refractivity contribution in [3.05, 3.63) is 92.6 Å². The molecule has 0 aliphatic rings. The summed E-state index contributed by atoms with van der Waals surface area (Å²) in [5, 5.41) is 3.51. The largest absolute Gasteiger partial charge is 0.330 e. The number of hydrogen-bond acceptors (Lipinski definition) is 6. The lowest BCUT2D eigenvalue weighted by atomic mass is 10.2. The maximum atomic E-state index is 12.7. The van der Waals surface area contributed by atoms with Gasteiger partial charge in [0.1, 0.15) is 5.82 Å². The van der Waals surface area contributed by atoms with Crippen LogP contribution in [0.15, 0.2) is 70.3 Å². The first-order chi connectivity index (χ1) is 13.6. The highest BCUT2D eigenvalue weighted by Gasteiger charge is 2.13. The summed E-state index contributed by atoms with van der Waals surface area (Å²) in [5.74, 6) is 0.917. The van der Waals surface area contributed by atoms with Crippen molar-refractivity contribution >= 4 is 22.5 Å². The third-order valence-corrected chi connectivity index (χ3v) is 4.92. The lowest BCUT2D eigenvalue weighted by Gasteiger charge is -2.10. The molecule has 2 N–H and O–H groups in total. The molecule has 2 aromatic carbocycles. The van der Waals surface area contributed by atoms with Crippen molar-refractivity contribution in [2.24, 2.45) is 0 Å². The molecule has 0 aliphatic carbocycles. The molecule has 140 valence electrons. The van der Waals surface area contributed by atoms with Gasteiger partial charge in [-0.05, 0) is 12.5 Å². The van der Waals surface area contributed by atoms with Gasteiger partial charge in [0.15, 0.2) is 5.82 Å². The van der Waals surface area contributed by atoms with Crippen LogP contribution in [-0.4, -0.2) is 18.9 Å². The number of benzene rings is 2. The van der Waals surface area contributed by atoms with E-state index in [1.807, 2.05) is 60.7 Å². The Morgan fingerprint density at radius 3 is 2.43 bits per heavy atom. The molecule has 28 heavy (non-hydrogen) atoms. The van der Waals surface area contributed by atoms with Gasteiger partial charge in [0.05, 0.1) is 12.1 Å². The summed E-state index contributed by atoms with van der Waals surface area (Å²) in [6, 6.07) is 19.0. The van der Waals surface area contributed by atoms with Crippen LogP contribution in [0.5, 0.6) is 0 Å². The molecule has 4 rings (SSSR count). The topological polar surface area (TPSA) is 92.7 Å². The summed E-state index contributed by atoms with van der Waals surface area (Å²) >= 11 is 1.16. The normalized spacial score (nSPS) is 10.8. The maximum Gasteiger partial charge on any atom is 0.330 e. The van der Waals surface area contributed by atoms with E-state index in [-0.39, 0.29) is 12.1 Å². The Labute approximate surface area is 164 Å². The van der Waals surface area contributed by atoms with Crippen LogP contribution in [0.1, 0.15) is 11.1 Å². The summed E-state index contributed by atoms with van der Waals surface area (Å²) in [4.78, 5) is 32.3. The number of aromatic amines is 1. The lowest BCUT2D eigenvalue weighted by molar-refractivity contribution is 0.694. The molecule has 0 fully saturated rings. The monoisotopic (exact) mass is 391 g/mol. The number of H-pyrrole nitrogens is 1. The summed E-state index contributed by atoms with van der Waals surface area (Å²) in [6.07, 6.45) is 0. The van der Waals surface area contributed by atoms with Gasteiger partial charge >= 0.3 is 5.69 Å². The molecule has 0 amide bonds. The van der Waals surface area contributed by atoms with Gasteiger partial charge in [0, 0.05) is 17.1 Å². The molecule has 2 aromatic heterocycles. The van der Waals surface area contributed by atoms with Crippen LogP contribution in [0.2, 0.25) is 0 Å². The van der Waals surface area contributed by atoms with E-state index >= 15 is 0 Å². The summed E-state index contributed by atoms with van der Waals surface area (Å²) < 4.78 is 5.51. The molecule has 0 saturated carbocycles. The van der Waals surface area contributed by atoms with Gasteiger partial charge in [0.2, 0.25) is 5.13 Å². The molecule has 0 bridgehead atoms. The van der Waals surface area contributed by atoms with E-state index in [1.54, 1.807) is 6.92 Å². The third-order valence-electron chi connectivity index (χ3n) is 4.29. The van der Waals surface area contributed by atoms with E-state index in [9.17, 15) is 9.59 Å². The van der Waals surface area contributed by atoms with Crippen molar-refractivity contribution < 1.29 is 0 Å². The van der Waals surface area contributed by atoms with E-state index in [1.165, 1.54) is 4.57 Å². The van der Waals surface area contributed by atoms with Gasteiger partial charge in [-0.25, -0.2) is 4.79 Å². The van der Waals surface area contributed by atoms with Crippen LogP contribution in [0.25, 0.3) is 11.4 Å².